The van der Waals surface area contributed by atoms with Gasteiger partial charge in [0, 0.05) is 19.6 Å². The molecule has 2 aliphatic rings. The Morgan fingerprint density at radius 3 is 2.88 bits per heavy atom. The van der Waals surface area contributed by atoms with Crippen LogP contribution in [-0.2, 0) is 9.53 Å². The van der Waals surface area contributed by atoms with Crippen LogP contribution in [0.15, 0.2) is 4.52 Å². The predicted molar refractivity (Wildman–Crippen MR) is 57.2 cm³/mol. The van der Waals surface area contributed by atoms with Crippen LogP contribution in [0.5, 0.6) is 0 Å². The molecule has 0 N–H and O–H groups in total. The Kier molecular flexibility index (Phi) is 2.39. The van der Waals surface area contributed by atoms with Gasteiger partial charge in [-0.05, 0) is 12.8 Å². The van der Waals surface area contributed by atoms with Gasteiger partial charge in [0.25, 0.3) is 0 Å². The van der Waals surface area contributed by atoms with Gasteiger partial charge in [0.1, 0.15) is 0 Å². The van der Waals surface area contributed by atoms with Gasteiger partial charge in [-0.1, -0.05) is 5.16 Å². The molecule has 0 spiro atoms. The number of hydrogen-bond donors (Lipinski definition) is 0. The highest BCUT2D eigenvalue weighted by molar-refractivity contribution is 5.73. The summed E-state index contributed by atoms with van der Waals surface area (Å²) >= 11 is 0. The molecule has 1 aromatic rings. The summed E-state index contributed by atoms with van der Waals surface area (Å²) in [6.07, 6.45) is 0. The molecule has 2 bridgehead atoms. The molecule has 0 aromatic carbocycles. The van der Waals surface area contributed by atoms with Gasteiger partial charge in [-0.25, -0.2) is 0 Å². The first-order valence-electron chi connectivity index (χ1n) is 5.79. The average molecular weight is 237 g/mol. The number of rotatable bonds is 2. The monoisotopic (exact) mass is 237 g/mol. The normalized spacial score (nSPS) is 35.2. The van der Waals surface area contributed by atoms with E-state index in [1.165, 1.54) is 7.11 Å². The van der Waals surface area contributed by atoms with Crippen molar-refractivity contribution >= 4 is 5.97 Å². The van der Waals surface area contributed by atoms with Gasteiger partial charge in [-0.15, -0.1) is 0 Å². The number of carbonyl (C=O) groups excluding carboxylic acids is 1. The first kappa shape index (κ1) is 10.7. The van der Waals surface area contributed by atoms with Gasteiger partial charge >= 0.3 is 5.97 Å². The molecule has 6 heteroatoms. The third-order valence-corrected chi connectivity index (χ3v) is 3.78. The molecule has 0 aliphatic carbocycles. The van der Waals surface area contributed by atoms with Crippen molar-refractivity contribution in [2.45, 2.75) is 12.8 Å². The van der Waals surface area contributed by atoms with Crippen molar-refractivity contribution in [3.8, 4) is 0 Å². The van der Waals surface area contributed by atoms with Crippen LogP contribution in [0.25, 0.3) is 0 Å². The highest BCUT2D eigenvalue weighted by Crippen LogP contribution is 2.42. The van der Waals surface area contributed by atoms with Crippen molar-refractivity contribution in [3.63, 3.8) is 0 Å². The zero-order chi connectivity index (χ0) is 12.0. The number of fused-ring (bicyclic) bond motifs is 2. The van der Waals surface area contributed by atoms with E-state index in [1.54, 1.807) is 6.92 Å². The van der Waals surface area contributed by atoms with E-state index < -0.39 is 0 Å². The third-order valence-electron chi connectivity index (χ3n) is 3.78. The molecule has 4 atom stereocenters. The summed E-state index contributed by atoms with van der Waals surface area (Å²) in [6, 6.07) is 0. The minimum atomic E-state index is -0.126. The van der Waals surface area contributed by atoms with E-state index in [9.17, 15) is 4.79 Å². The Balaban J connectivity index is 1.83. The number of hydrogen-bond acceptors (Lipinski definition) is 6. The second-order valence-corrected chi connectivity index (χ2v) is 4.80. The summed E-state index contributed by atoms with van der Waals surface area (Å²) in [5, 5.41) is 3.81. The van der Waals surface area contributed by atoms with Crippen LogP contribution in [0, 0.1) is 18.8 Å². The lowest BCUT2D eigenvalue weighted by molar-refractivity contribution is -0.147. The molecule has 6 nitrogen and oxygen atoms in total. The van der Waals surface area contributed by atoms with E-state index >= 15 is 0 Å². The SMILES string of the molecule is COC(=O)C1CN2CC(c3nc(C)no3)C1C2. The maximum Gasteiger partial charge on any atom is 0.310 e. The van der Waals surface area contributed by atoms with Crippen LogP contribution in [0.2, 0.25) is 0 Å². The molecule has 2 aliphatic heterocycles. The molecule has 3 rings (SSSR count). The lowest BCUT2D eigenvalue weighted by Crippen LogP contribution is -2.34. The molecule has 17 heavy (non-hydrogen) atoms. The van der Waals surface area contributed by atoms with Gasteiger partial charge in [-0.2, -0.15) is 4.98 Å². The largest absolute Gasteiger partial charge is 0.469 e. The Bertz CT molecular complexity index is 445. The lowest BCUT2D eigenvalue weighted by atomic mass is 9.84. The molecule has 0 radical (unpaired) electrons. The van der Waals surface area contributed by atoms with E-state index in [-0.39, 0.29) is 23.7 Å². The number of methoxy groups -OCH3 is 1. The van der Waals surface area contributed by atoms with Crippen molar-refractivity contribution in [2.75, 3.05) is 26.7 Å². The summed E-state index contributed by atoms with van der Waals surface area (Å²) in [4.78, 5) is 18.2. The number of aryl methyl sites for hydroxylation is 1. The predicted octanol–water partition coefficient (Wildman–Crippen LogP) is 0.196. The van der Waals surface area contributed by atoms with Crippen molar-refractivity contribution < 1.29 is 14.1 Å². The van der Waals surface area contributed by atoms with Crippen molar-refractivity contribution in [1.29, 1.82) is 0 Å². The Morgan fingerprint density at radius 1 is 1.47 bits per heavy atom. The minimum Gasteiger partial charge on any atom is -0.469 e. The van der Waals surface area contributed by atoms with Crippen LogP contribution < -0.4 is 0 Å². The summed E-state index contributed by atoms with van der Waals surface area (Å²) in [6.45, 7) is 4.42. The molecule has 0 saturated carbocycles. The van der Waals surface area contributed by atoms with Gasteiger partial charge < -0.3 is 14.2 Å². The first-order valence-corrected chi connectivity index (χ1v) is 5.79. The number of piperidine rings is 1. The maximum absolute atomic E-state index is 11.7. The van der Waals surface area contributed by atoms with Crippen LogP contribution in [0.3, 0.4) is 0 Å². The topological polar surface area (TPSA) is 68.5 Å². The maximum atomic E-state index is 11.7. The molecule has 2 fully saturated rings. The quantitative estimate of drug-likeness (QED) is 0.684. The summed E-state index contributed by atoms with van der Waals surface area (Å²) < 4.78 is 10.1. The highest BCUT2D eigenvalue weighted by Gasteiger charge is 2.50. The van der Waals surface area contributed by atoms with Gasteiger partial charge in [-0.3, -0.25) is 4.79 Å². The number of aromatic nitrogens is 2. The second-order valence-electron chi connectivity index (χ2n) is 4.80. The molecular formula is C11H15N3O3. The van der Waals surface area contributed by atoms with E-state index in [1.807, 2.05) is 0 Å². The van der Waals surface area contributed by atoms with E-state index in [0.717, 1.165) is 19.6 Å². The number of nitrogens with zero attached hydrogens (tertiary/aromatic N) is 3. The molecule has 92 valence electrons. The fourth-order valence-electron chi connectivity index (χ4n) is 3.01. The molecule has 4 unspecified atom stereocenters. The number of esters is 1. The van der Waals surface area contributed by atoms with Crippen molar-refractivity contribution in [3.05, 3.63) is 11.7 Å². The minimum absolute atomic E-state index is 0.0500. The van der Waals surface area contributed by atoms with E-state index in [4.69, 9.17) is 9.26 Å². The Morgan fingerprint density at radius 2 is 2.29 bits per heavy atom. The van der Waals surface area contributed by atoms with Crippen LogP contribution in [-0.4, -0.2) is 47.8 Å². The number of carbonyl (C=O) groups is 1. The fraction of sp³-hybridized carbons (Fsp3) is 0.727. The average Bonchev–Trinajstić information content (AvgIpc) is 3.01. The zero-order valence-electron chi connectivity index (χ0n) is 9.92. The van der Waals surface area contributed by atoms with Crippen molar-refractivity contribution in [1.82, 2.24) is 15.0 Å². The van der Waals surface area contributed by atoms with E-state index in [0.29, 0.717) is 11.7 Å². The standard InChI is InChI=1S/C11H15N3O3/c1-6-12-10(17-13-6)8-4-14-3-7(8)9(5-14)11(15)16-2/h7-9H,3-5H2,1-2H3. The zero-order valence-corrected chi connectivity index (χ0v) is 9.92. The van der Waals surface area contributed by atoms with Crippen LogP contribution >= 0.6 is 0 Å². The fourth-order valence-corrected chi connectivity index (χ4v) is 3.01. The third kappa shape index (κ3) is 1.63. The van der Waals surface area contributed by atoms with Gasteiger partial charge in [0.15, 0.2) is 5.82 Å². The second kappa shape index (κ2) is 3.80. The molecular weight excluding hydrogens is 222 g/mol. The Hall–Kier alpha value is -1.43. The molecule has 3 heterocycles. The summed E-state index contributed by atoms with van der Waals surface area (Å²) in [7, 11) is 1.44. The van der Waals surface area contributed by atoms with Crippen LogP contribution in [0.4, 0.5) is 0 Å². The highest BCUT2D eigenvalue weighted by atomic mass is 16.5. The number of ether oxygens (including phenoxy) is 1. The van der Waals surface area contributed by atoms with Crippen LogP contribution in [0.1, 0.15) is 17.6 Å². The summed E-state index contributed by atoms with van der Waals surface area (Å²) in [5.74, 6) is 1.55. The molecule has 0 amide bonds. The molecule has 1 aromatic heterocycles. The summed E-state index contributed by atoms with van der Waals surface area (Å²) in [5.41, 5.74) is 0. The first-order chi connectivity index (χ1) is 8.19. The van der Waals surface area contributed by atoms with Crippen molar-refractivity contribution in [2.24, 2.45) is 11.8 Å². The van der Waals surface area contributed by atoms with E-state index in [2.05, 4.69) is 15.0 Å². The smallest absolute Gasteiger partial charge is 0.310 e. The molecule has 2 saturated heterocycles. The Labute approximate surface area is 98.9 Å². The van der Waals surface area contributed by atoms with Gasteiger partial charge in [0.05, 0.1) is 18.9 Å². The van der Waals surface area contributed by atoms with Gasteiger partial charge in [0.2, 0.25) is 5.89 Å². The lowest BCUT2D eigenvalue weighted by Gasteiger charge is -2.25.